The predicted octanol–water partition coefficient (Wildman–Crippen LogP) is 5.27. The van der Waals surface area contributed by atoms with E-state index in [1.807, 2.05) is 0 Å². The standard InChI is InChI=1S/C19H28ClN5S.ClH/c1-18(2,3)25(19(4,5)6)17-24-16(22)14(26-17)13-12-9-10(20)7-8-11(12)15(21)23-13;/h10,22H,7-9H2,1-6H3,(H2,21,23);1H/b14-13+,22-16?;. The number of amidine groups is 3. The number of allylic oxidation sites excluding steroid dienone is 1. The normalized spacial score (nSPS) is 25.9. The average molecular weight is 430 g/mol. The third kappa shape index (κ3) is 4.22. The van der Waals surface area contributed by atoms with Gasteiger partial charge in [-0.25, -0.2) is 4.99 Å². The Morgan fingerprint density at radius 2 is 1.70 bits per heavy atom. The first-order valence-corrected chi connectivity index (χ1v) is 10.3. The molecule has 3 N–H and O–H groups in total. The van der Waals surface area contributed by atoms with Crippen molar-refractivity contribution in [2.45, 2.75) is 77.3 Å². The lowest BCUT2D eigenvalue weighted by Gasteiger charge is -2.46. The Morgan fingerprint density at radius 3 is 2.26 bits per heavy atom. The number of thioether (sulfide) groups is 1. The fourth-order valence-electron chi connectivity index (χ4n) is 4.05. The number of halogens is 2. The second kappa shape index (κ2) is 7.45. The summed E-state index contributed by atoms with van der Waals surface area (Å²) in [5, 5.41) is 20.9. The smallest absolute Gasteiger partial charge is 0.172 e. The summed E-state index contributed by atoms with van der Waals surface area (Å²) < 4.78 is 0. The molecule has 3 rings (SSSR count). The predicted molar refractivity (Wildman–Crippen MR) is 120 cm³/mol. The highest BCUT2D eigenvalue weighted by Crippen LogP contribution is 2.43. The van der Waals surface area contributed by atoms with Crippen LogP contribution in [0, 0.1) is 10.8 Å². The van der Waals surface area contributed by atoms with Crippen LogP contribution >= 0.6 is 35.8 Å². The van der Waals surface area contributed by atoms with Gasteiger partial charge in [0.15, 0.2) is 11.0 Å². The maximum Gasteiger partial charge on any atom is 0.172 e. The maximum absolute atomic E-state index is 8.47. The van der Waals surface area contributed by atoms with Crippen LogP contribution in [0.15, 0.2) is 26.7 Å². The molecular formula is C19H29Cl2N5S. The molecule has 0 aromatic heterocycles. The maximum atomic E-state index is 8.47. The molecule has 150 valence electrons. The number of nitrogens with zero attached hydrogens (tertiary/aromatic N) is 2. The van der Waals surface area contributed by atoms with E-state index in [1.165, 1.54) is 11.8 Å². The van der Waals surface area contributed by atoms with Crippen molar-refractivity contribution in [2.75, 3.05) is 0 Å². The fourth-order valence-corrected chi connectivity index (χ4v) is 5.69. The Balaban J connectivity index is 0.00000261. The van der Waals surface area contributed by atoms with Crippen LogP contribution in [0.4, 0.5) is 0 Å². The summed E-state index contributed by atoms with van der Waals surface area (Å²) in [4.78, 5) is 7.67. The molecule has 8 heteroatoms. The van der Waals surface area contributed by atoms with Crippen LogP contribution in [0.2, 0.25) is 0 Å². The van der Waals surface area contributed by atoms with Gasteiger partial charge in [0, 0.05) is 16.5 Å². The second-order valence-electron chi connectivity index (χ2n) is 9.02. The molecule has 1 atom stereocenters. The number of hydrogen-bond acceptors (Lipinski definition) is 4. The Bertz CT molecular complexity index is 754. The monoisotopic (exact) mass is 429 g/mol. The summed E-state index contributed by atoms with van der Waals surface area (Å²) in [6.07, 6.45) is 2.48. The highest BCUT2D eigenvalue weighted by molar-refractivity contribution is 8.18. The second-order valence-corrected chi connectivity index (χ2v) is 10.6. The van der Waals surface area contributed by atoms with Crippen LogP contribution in [0.5, 0.6) is 0 Å². The average Bonchev–Trinajstić information content (AvgIpc) is 2.96. The molecular weight excluding hydrogens is 401 g/mol. The van der Waals surface area contributed by atoms with Gasteiger partial charge in [-0.3, -0.25) is 10.8 Å². The molecule has 0 amide bonds. The Hall–Kier alpha value is -0.980. The molecule has 2 aliphatic heterocycles. The molecule has 0 spiro atoms. The van der Waals surface area contributed by atoms with Crippen molar-refractivity contribution < 1.29 is 0 Å². The van der Waals surface area contributed by atoms with E-state index in [4.69, 9.17) is 22.4 Å². The summed E-state index contributed by atoms with van der Waals surface area (Å²) in [6.45, 7) is 13.0. The lowest BCUT2D eigenvalue weighted by molar-refractivity contribution is 0.128. The largest absolute Gasteiger partial charge is 0.341 e. The van der Waals surface area contributed by atoms with E-state index in [2.05, 4.69) is 56.8 Å². The first-order valence-electron chi connectivity index (χ1n) is 9.02. The number of hydrogen-bond donors (Lipinski definition) is 3. The third-order valence-corrected chi connectivity index (χ3v) is 6.16. The van der Waals surface area contributed by atoms with Gasteiger partial charge in [0.2, 0.25) is 0 Å². The topological polar surface area (TPSA) is 75.3 Å². The SMILES string of the molecule is CC(C)(C)N(C1=NC(=N)/C(=C2\NC(=N)C3=C2CC(Cl)CC3)S1)C(C)(C)C.Cl. The molecule has 2 heterocycles. The van der Waals surface area contributed by atoms with E-state index in [1.54, 1.807) is 0 Å². The van der Waals surface area contributed by atoms with Crippen molar-refractivity contribution in [1.29, 1.82) is 10.8 Å². The quantitative estimate of drug-likeness (QED) is 0.459. The molecule has 27 heavy (non-hydrogen) atoms. The van der Waals surface area contributed by atoms with Gasteiger partial charge in [-0.1, -0.05) is 0 Å². The van der Waals surface area contributed by atoms with Gasteiger partial charge in [-0.05, 0) is 83.7 Å². The molecule has 0 saturated heterocycles. The Labute approximate surface area is 177 Å². The minimum atomic E-state index is -0.114. The molecule has 0 bridgehead atoms. The van der Waals surface area contributed by atoms with Crippen molar-refractivity contribution in [3.8, 4) is 0 Å². The number of nitrogens with one attached hydrogen (secondary N) is 3. The lowest BCUT2D eigenvalue weighted by Crippen LogP contribution is -2.54. The molecule has 0 fully saturated rings. The summed E-state index contributed by atoms with van der Waals surface area (Å²) >= 11 is 7.92. The van der Waals surface area contributed by atoms with Gasteiger partial charge in [-0.15, -0.1) is 24.0 Å². The van der Waals surface area contributed by atoms with Crippen molar-refractivity contribution >= 4 is 52.6 Å². The summed E-state index contributed by atoms with van der Waals surface area (Å²) in [5.74, 6) is 0.723. The minimum Gasteiger partial charge on any atom is -0.341 e. The van der Waals surface area contributed by atoms with E-state index in [9.17, 15) is 0 Å². The van der Waals surface area contributed by atoms with E-state index >= 15 is 0 Å². The summed E-state index contributed by atoms with van der Waals surface area (Å²) in [6, 6.07) is 0. The number of alkyl halides is 1. The van der Waals surface area contributed by atoms with Gasteiger partial charge in [0.25, 0.3) is 0 Å². The van der Waals surface area contributed by atoms with Gasteiger partial charge in [-0.2, -0.15) is 0 Å². The number of aliphatic imine (C=N–C) groups is 1. The van der Waals surface area contributed by atoms with Gasteiger partial charge in [0.05, 0.1) is 10.6 Å². The molecule has 0 saturated carbocycles. The zero-order valence-electron chi connectivity index (χ0n) is 16.8. The molecule has 0 radical (unpaired) electrons. The van der Waals surface area contributed by atoms with Crippen LogP contribution in [-0.2, 0) is 0 Å². The first-order chi connectivity index (χ1) is 11.9. The molecule has 3 aliphatic rings. The van der Waals surface area contributed by atoms with Crippen molar-refractivity contribution in [1.82, 2.24) is 10.2 Å². The summed E-state index contributed by atoms with van der Waals surface area (Å²) in [7, 11) is 0. The minimum absolute atomic E-state index is 0. The zero-order valence-corrected chi connectivity index (χ0v) is 19.2. The van der Waals surface area contributed by atoms with Crippen LogP contribution in [0.3, 0.4) is 0 Å². The molecule has 1 unspecified atom stereocenters. The fraction of sp³-hybridized carbons (Fsp3) is 0.632. The van der Waals surface area contributed by atoms with Gasteiger partial charge >= 0.3 is 0 Å². The Kier molecular flexibility index (Phi) is 6.16. The van der Waals surface area contributed by atoms with Crippen LogP contribution in [0.25, 0.3) is 0 Å². The van der Waals surface area contributed by atoms with E-state index in [-0.39, 0.29) is 34.7 Å². The lowest BCUT2D eigenvalue weighted by atomic mass is 9.91. The van der Waals surface area contributed by atoms with Crippen molar-refractivity contribution in [2.24, 2.45) is 4.99 Å². The van der Waals surface area contributed by atoms with E-state index < -0.39 is 0 Å². The zero-order chi connectivity index (χ0) is 19.4. The van der Waals surface area contributed by atoms with Crippen LogP contribution < -0.4 is 5.32 Å². The number of rotatable bonds is 0. The van der Waals surface area contributed by atoms with E-state index in [0.29, 0.717) is 5.84 Å². The molecule has 0 aromatic rings. The van der Waals surface area contributed by atoms with Gasteiger partial charge < -0.3 is 10.2 Å². The molecule has 5 nitrogen and oxygen atoms in total. The molecule has 0 aromatic carbocycles. The Morgan fingerprint density at radius 1 is 1.11 bits per heavy atom. The first kappa shape index (κ1) is 22.3. The van der Waals surface area contributed by atoms with Crippen LogP contribution in [-0.4, -0.2) is 38.2 Å². The van der Waals surface area contributed by atoms with Gasteiger partial charge in [0.1, 0.15) is 5.84 Å². The third-order valence-electron chi connectivity index (χ3n) is 4.73. The molecule has 1 aliphatic carbocycles. The highest BCUT2D eigenvalue weighted by Gasteiger charge is 2.40. The van der Waals surface area contributed by atoms with E-state index in [0.717, 1.165) is 46.2 Å². The summed E-state index contributed by atoms with van der Waals surface area (Å²) in [5.41, 5.74) is 2.79. The van der Waals surface area contributed by atoms with Crippen LogP contribution in [0.1, 0.15) is 60.8 Å². The highest BCUT2D eigenvalue weighted by atomic mass is 35.5. The van der Waals surface area contributed by atoms with Crippen molar-refractivity contribution in [3.63, 3.8) is 0 Å². The van der Waals surface area contributed by atoms with Crippen molar-refractivity contribution in [3.05, 3.63) is 21.7 Å².